The van der Waals surface area contributed by atoms with E-state index in [2.05, 4.69) is 31.1 Å². The second-order valence-electron chi connectivity index (χ2n) is 3.71. The van der Waals surface area contributed by atoms with Gasteiger partial charge in [0.05, 0.1) is 5.01 Å². The second kappa shape index (κ2) is 4.72. The smallest absolute Gasteiger partial charge is 0.0968 e. The standard InChI is InChI=1S/C10H18N2S/c1-7(2)9-6-12-10(13-9)8(3)5-11-4/h6-8,11H,5H2,1-4H3. The van der Waals surface area contributed by atoms with Crippen molar-refractivity contribution in [2.45, 2.75) is 32.6 Å². The fourth-order valence-corrected chi connectivity index (χ4v) is 2.16. The van der Waals surface area contributed by atoms with Crippen LogP contribution in [0.5, 0.6) is 0 Å². The van der Waals surface area contributed by atoms with Gasteiger partial charge in [-0.05, 0) is 13.0 Å². The third kappa shape index (κ3) is 2.78. The molecule has 0 aliphatic carbocycles. The highest BCUT2D eigenvalue weighted by Crippen LogP contribution is 2.26. The molecule has 1 N–H and O–H groups in total. The molecule has 0 amide bonds. The molecule has 0 aromatic carbocycles. The highest BCUT2D eigenvalue weighted by atomic mass is 32.1. The van der Waals surface area contributed by atoms with Gasteiger partial charge in [0.25, 0.3) is 0 Å². The molecule has 0 spiro atoms. The lowest BCUT2D eigenvalue weighted by atomic mass is 10.2. The molecule has 1 atom stereocenters. The molecule has 0 radical (unpaired) electrons. The van der Waals surface area contributed by atoms with Crippen molar-refractivity contribution in [1.82, 2.24) is 10.3 Å². The molecule has 2 nitrogen and oxygen atoms in total. The Labute approximate surface area is 84.4 Å². The van der Waals surface area contributed by atoms with Gasteiger partial charge in [0.15, 0.2) is 0 Å². The minimum absolute atomic E-state index is 0.530. The summed E-state index contributed by atoms with van der Waals surface area (Å²) in [6, 6.07) is 0. The van der Waals surface area contributed by atoms with E-state index < -0.39 is 0 Å². The summed E-state index contributed by atoms with van der Waals surface area (Å²) in [5.74, 6) is 1.13. The van der Waals surface area contributed by atoms with Gasteiger partial charge >= 0.3 is 0 Å². The number of likely N-dealkylation sites (N-methyl/N-ethyl adjacent to an activating group) is 1. The lowest BCUT2D eigenvalue weighted by molar-refractivity contribution is 0.673. The van der Waals surface area contributed by atoms with Crippen LogP contribution in [0.2, 0.25) is 0 Å². The Morgan fingerprint density at radius 3 is 2.62 bits per heavy atom. The van der Waals surface area contributed by atoms with Crippen LogP contribution in [0.4, 0.5) is 0 Å². The molecule has 3 heteroatoms. The monoisotopic (exact) mass is 198 g/mol. The van der Waals surface area contributed by atoms with Crippen LogP contribution >= 0.6 is 11.3 Å². The van der Waals surface area contributed by atoms with E-state index in [-0.39, 0.29) is 0 Å². The number of nitrogens with one attached hydrogen (secondary N) is 1. The Morgan fingerprint density at radius 1 is 1.46 bits per heavy atom. The van der Waals surface area contributed by atoms with Crippen molar-refractivity contribution in [2.75, 3.05) is 13.6 Å². The third-order valence-corrected chi connectivity index (χ3v) is 3.57. The van der Waals surface area contributed by atoms with Crippen molar-refractivity contribution in [3.05, 3.63) is 16.1 Å². The van der Waals surface area contributed by atoms with E-state index in [1.165, 1.54) is 9.88 Å². The van der Waals surface area contributed by atoms with Gasteiger partial charge in [-0.25, -0.2) is 4.98 Å². The summed E-state index contributed by atoms with van der Waals surface area (Å²) >= 11 is 1.84. The molecule has 1 unspecified atom stereocenters. The average molecular weight is 198 g/mol. The molecule has 0 aliphatic rings. The maximum absolute atomic E-state index is 4.43. The van der Waals surface area contributed by atoms with Crippen LogP contribution < -0.4 is 5.32 Å². The zero-order chi connectivity index (χ0) is 9.84. The van der Waals surface area contributed by atoms with Crippen molar-refractivity contribution in [1.29, 1.82) is 0 Å². The molecular formula is C10H18N2S. The topological polar surface area (TPSA) is 24.9 Å². The van der Waals surface area contributed by atoms with Crippen LogP contribution in [0.3, 0.4) is 0 Å². The molecular weight excluding hydrogens is 180 g/mol. The summed E-state index contributed by atoms with van der Waals surface area (Å²) < 4.78 is 0. The van der Waals surface area contributed by atoms with Gasteiger partial charge in [-0.2, -0.15) is 0 Å². The number of aromatic nitrogens is 1. The summed E-state index contributed by atoms with van der Waals surface area (Å²) in [6.07, 6.45) is 2.01. The highest BCUT2D eigenvalue weighted by Gasteiger charge is 2.10. The normalized spacial score (nSPS) is 13.6. The molecule has 1 aromatic heterocycles. The Hall–Kier alpha value is -0.410. The molecule has 0 aliphatic heterocycles. The minimum atomic E-state index is 0.530. The SMILES string of the molecule is CNCC(C)c1ncc(C(C)C)s1. The van der Waals surface area contributed by atoms with Gasteiger partial charge in [0.2, 0.25) is 0 Å². The van der Waals surface area contributed by atoms with Crippen molar-refractivity contribution >= 4 is 11.3 Å². The van der Waals surface area contributed by atoms with Crippen molar-refractivity contribution in [3.8, 4) is 0 Å². The Kier molecular flexibility index (Phi) is 3.88. The largest absolute Gasteiger partial charge is 0.319 e. The summed E-state index contributed by atoms with van der Waals surface area (Å²) in [5, 5.41) is 4.42. The predicted molar refractivity (Wildman–Crippen MR) is 58.5 cm³/mol. The summed E-state index contributed by atoms with van der Waals surface area (Å²) in [4.78, 5) is 5.82. The fraction of sp³-hybridized carbons (Fsp3) is 0.700. The number of hydrogen-bond acceptors (Lipinski definition) is 3. The van der Waals surface area contributed by atoms with Gasteiger partial charge in [-0.1, -0.05) is 20.8 Å². The van der Waals surface area contributed by atoms with Crippen molar-refractivity contribution < 1.29 is 0 Å². The van der Waals surface area contributed by atoms with Crippen LogP contribution in [0.1, 0.15) is 42.5 Å². The molecule has 0 saturated carbocycles. The maximum atomic E-state index is 4.43. The summed E-state index contributed by atoms with van der Waals surface area (Å²) in [6.45, 7) is 7.63. The Morgan fingerprint density at radius 2 is 2.15 bits per heavy atom. The molecule has 0 bridgehead atoms. The van der Waals surface area contributed by atoms with E-state index >= 15 is 0 Å². The zero-order valence-corrected chi connectivity index (χ0v) is 9.61. The molecule has 1 rings (SSSR count). The molecule has 1 aromatic rings. The van der Waals surface area contributed by atoms with E-state index in [1.54, 1.807) is 0 Å². The second-order valence-corrected chi connectivity index (χ2v) is 4.81. The first kappa shape index (κ1) is 10.7. The van der Waals surface area contributed by atoms with Crippen molar-refractivity contribution in [2.24, 2.45) is 0 Å². The predicted octanol–water partition coefficient (Wildman–Crippen LogP) is 2.59. The minimum Gasteiger partial charge on any atom is -0.319 e. The summed E-state index contributed by atoms with van der Waals surface area (Å²) in [7, 11) is 1.98. The van der Waals surface area contributed by atoms with Crippen LogP contribution in [0, 0.1) is 0 Å². The van der Waals surface area contributed by atoms with Gasteiger partial charge in [-0.15, -0.1) is 11.3 Å². The van der Waals surface area contributed by atoms with E-state index in [0.717, 1.165) is 6.54 Å². The molecule has 0 fully saturated rings. The van der Waals surface area contributed by atoms with Crippen LogP contribution in [-0.4, -0.2) is 18.6 Å². The van der Waals surface area contributed by atoms with Gasteiger partial charge in [0, 0.05) is 23.5 Å². The van der Waals surface area contributed by atoms with E-state index in [0.29, 0.717) is 11.8 Å². The summed E-state index contributed by atoms with van der Waals surface area (Å²) in [5.41, 5.74) is 0. The van der Waals surface area contributed by atoms with E-state index in [4.69, 9.17) is 0 Å². The fourth-order valence-electron chi connectivity index (χ4n) is 1.19. The number of rotatable bonds is 4. The van der Waals surface area contributed by atoms with Crippen LogP contribution in [-0.2, 0) is 0 Å². The molecule has 74 valence electrons. The first-order valence-electron chi connectivity index (χ1n) is 4.75. The van der Waals surface area contributed by atoms with Crippen LogP contribution in [0.15, 0.2) is 6.20 Å². The Bertz CT molecular complexity index is 255. The third-order valence-electron chi connectivity index (χ3n) is 2.04. The average Bonchev–Trinajstić information content (AvgIpc) is 2.52. The first-order valence-corrected chi connectivity index (χ1v) is 5.57. The molecule has 1 heterocycles. The van der Waals surface area contributed by atoms with Gasteiger partial charge < -0.3 is 5.32 Å². The van der Waals surface area contributed by atoms with E-state index in [9.17, 15) is 0 Å². The Balaban J connectivity index is 2.67. The van der Waals surface area contributed by atoms with Crippen LogP contribution in [0.25, 0.3) is 0 Å². The van der Waals surface area contributed by atoms with Crippen molar-refractivity contribution in [3.63, 3.8) is 0 Å². The van der Waals surface area contributed by atoms with E-state index in [1.807, 2.05) is 24.6 Å². The quantitative estimate of drug-likeness (QED) is 0.804. The number of hydrogen-bond donors (Lipinski definition) is 1. The van der Waals surface area contributed by atoms with Gasteiger partial charge in [-0.3, -0.25) is 0 Å². The number of nitrogens with zero attached hydrogens (tertiary/aromatic N) is 1. The highest BCUT2D eigenvalue weighted by molar-refractivity contribution is 7.11. The first-order chi connectivity index (χ1) is 6.15. The van der Waals surface area contributed by atoms with Gasteiger partial charge in [0.1, 0.15) is 0 Å². The maximum Gasteiger partial charge on any atom is 0.0968 e. The number of thiazole rings is 1. The lowest BCUT2D eigenvalue weighted by Crippen LogP contribution is -2.14. The zero-order valence-electron chi connectivity index (χ0n) is 8.79. The molecule has 0 saturated heterocycles. The molecule has 13 heavy (non-hydrogen) atoms. The lowest BCUT2D eigenvalue weighted by Gasteiger charge is -2.05.